The van der Waals surface area contributed by atoms with E-state index >= 15 is 0 Å². The summed E-state index contributed by atoms with van der Waals surface area (Å²) in [6, 6.07) is 1.76. The van der Waals surface area contributed by atoms with Gasteiger partial charge in [-0.1, -0.05) is 6.92 Å². The molecule has 2 fully saturated rings. The highest BCUT2D eigenvalue weighted by Crippen LogP contribution is 2.27. The number of hydrogen-bond acceptors (Lipinski definition) is 2. The van der Waals surface area contributed by atoms with Gasteiger partial charge < -0.3 is 0 Å². The summed E-state index contributed by atoms with van der Waals surface area (Å²) in [5.41, 5.74) is 0. The minimum absolute atomic E-state index is 0.793. The summed E-state index contributed by atoms with van der Waals surface area (Å²) in [4.78, 5) is 5.32. The Morgan fingerprint density at radius 1 is 1.15 bits per heavy atom. The Kier molecular flexibility index (Phi) is 2.89. The third-order valence-electron chi connectivity index (χ3n) is 3.63. The molecular weight excluding hydrogens is 160 g/mol. The monoisotopic (exact) mass is 182 g/mol. The number of hydrogen-bond donors (Lipinski definition) is 0. The lowest BCUT2D eigenvalue weighted by Gasteiger charge is -2.37. The van der Waals surface area contributed by atoms with Crippen molar-refractivity contribution in [1.29, 1.82) is 0 Å². The van der Waals surface area contributed by atoms with Crippen LogP contribution >= 0.6 is 0 Å². The second-order valence-electron chi connectivity index (χ2n) is 4.56. The van der Waals surface area contributed by atoms with Crippen LogP contribution in [0.1, 0.15) is 33.1 Å². The molecule has 0 bridgehead atoms. The molecule has 1 aliphatic heterocycles. The van der Waals surface area contributed by atoms with Crippen molar-refractivity contribution >= 4 is 0 Å². The van der Waals surface area contributed by atoms with E-state index in [0.717, 1.165) is 12.1 Å². The zero-order chi connectivity index (χ0) is 9.26. The fraction of sp³-hybridized carbons (Fsp3) is 1.00. The van der Waals surface area contributed by atoms with Gasteiger partial charge >= 0.3 is 0 Å². The molecule has 0 amide bonds. The van der Waals surface area contributed by atoms with Gasteiger partial charge in [-0.15, -0.1) is 0 Å². The van der Waals surface area contributed by atoms with Crippen LogP contribution in [0.4, 0.5) is 0 Å². The van der Waals surface area contributed by atoms with Gasteiger partial charge in [-0.2, -0.15) is 0 Å². The van der Waals surface area contributed by atoms with Gasteiger partial charge in [0.25, 0.3) is 0 Å². The second-order valence-corrected chi connectivity index (χ2v) is 4.56. The summed E-state index contributed by atoms with van der Waals surface area (Å²) in [5, 5.41) is 0. The average molecular weight is 182 g/mol. The molecule has 0 radical (unpaired) electrons. The van der Waals surface area contributed by atoms with Gasteiger partial charge in [0.05, 0.1) is 0 Å². The van der Waals surface area contributed by atoms with Crippen LogP contribution in [0.5, 0.6) is 0 Å². The summed E-state index contributed by atoms with van der Waals surface area (Å²) in [5.74, 6) is 0. The van der Waals surface area contributed by atoms with Crippen molar-refractivity contribution in [2.45, 2.75) is 45.2 Å². The summed E-state index contributed by atoms with van der Waals surface area (Å²) in [7, 11) is 0. The summed E-state index contributed by atoms with van der Waals surface area (Å²) in [6.45, 7) is 9.87. The standard InChI is InChI=1S/C11H22N2/c1-3-10(2)12-6-8-13(9-7-12)11-4-5-11/h10-11H,3-9H2,1-2H3. The molecule has 0 aromatic rings. The van der Waals surface area contributed by atoms with Crippen molar-refractivity contribution in [3.63, 3.8) is 0 Å². The molecule has 1 atom stereocenters. The smallest absolute Gasteiger partial charge is 0.0113 e. The van der Waals surface area contributed by atoms with Crippen molar-refractivity contribution < 1.29 is 0 Å². The number of piperazine rings is 1. The Bertz CT molecular complexity index is 157. The molecule has 0 spiro atoms. The zero-order valence-electron chi connectivity index (χ0n) is 9.00. The Labute approximate surface area is 81.9 Å². The molecule has 0 aromatic heterocycles. The zero-order valence-corrected chi connectivity index (χ0v) is 9.00. The molecule has 13 heavy (non-hydrogen) atoms. The molecule has 76 valence electrons. The maximum atomic E-state index is 2.68. The summed E-state index contributed by atoms with van der Waals surface area (Å²) in [6.07, 6.45) is 4.22. The lowest BCUT2D eigenvalue weighted by atomic mass is 10.2. The Hall–Kier alpha value is -0.0800. The SMILES string of the molecule is CCC(C)N1CCN(C2CC2)CC1. The van der Waals surface area contributed by atoms with E-state index in [1.807, 2.05) is 0 Å². The lowest BCUT2D eigenvalue weighted by molar-refractivity contribution is 0.0960. The Morgan fingerprint density at radius 2 is 1.77 bits per heavy atom. The number of rotatable bonds is 3. The van der Waals surface area contributed by atoms with Gasteiger partial charge in [-0.25, -0.2) is 0 Å². The first-order valence-corrected chi connectivity index (χ1v) is 5.79. The predicted molar refractivity (Wildman–Crippen MR) is 55.9 cm³/mol. The molecule has 0 N–H and O–H groups in total. The highest BCUT2D eigenvalue weighted by atomic mass is 15.3. The minimum atomic E-state index is 0.793. The van der Waals surface area contributed by atoms with E-state index in [4.69, 9.17) is 0 Å². The van der Waals surface area contributed by atoms with Crippen LogP contribution in [0.25, 0.3) is 0 Å². The highest BCUT2D eigenvalue weighted by molar-refractivity contribution is 4.88. The molecule has 1 saturated carbocycles. The Balaban J connectivity index is 1.74. The van der Waals surface area contributed by atoms with Crippen LogP contribution in [-0.2, 0) is 0 Å². The van der Waals surface area contributed by atoms with E-state index in [9.17, 15) is 0 Å². The molecular formula is C11H22N2. The van der Waals surface area contributed by atoms with Gasteiger partial charge in [-0.05, 0) is 26.2 Å². The molecule has 2 heteroatoms. The first-order chi connectivity index (χ1) is 6.31. The molecule has 0 aromatic carbocycles. The minimum Gasteiger partial charge on any atom is -0.298 e. The van der Waals surface area contributed by atoms with E-state index < -0.39 is 0 Å². The van der Waals surface area contributed by atoms with Gasteiger partial charge in [0.1, 0.15) is 0 Å². The third kappa shape index (κ3) is 2.23. The van der Waals surface area contributed by atoms with Crippen LogP contribution in [-0.4, -0.2) is 48.1 Å². The van der Waals surface area contributed by atoms with Gasteiger partial charge in [0, 0.05) is 38.3 Å². The second kappa shape index (κ2) is 3.97. The third-order valence-corrected chi connectivity index (χ3v) is 3.63. The van der Waals surface area contributed by atoms with Crippen molar-refractivity contribution in [2.24, 2.45) is 0 Å². The van der Waals surface area contributed by atoms with Crippen molar-refractivity contribution in [3.8, 4) is 0 Å². The summed E-state index contributed by atoms with van der Waals surface area (Å²) >= 11 is 0. The van der Waals surface area contributed by atoms with E-state index in [1.54, 1.807) is 0 Å². The molecule has 2 aliphatic rings. The first-order valence-electron chi connectivity index (χ1n) is 5.79. The molecule has 2 rings (SSSR count). The highest BCUT2D eigenvalue weighted by Gasteiger charge is 2.31. The summed E-state index contributed by atoms with van der Waals surface area (Å²) < 4.78 is 0. The molecule has 1 aliphatic carbocycles. The van der Waals surface area contributed by atoms with E-state index in [1.165, 1.54) is 45.4 Å². The fourth-order valence-corrected chi connectivity index (χ4v) is 2.24. The topological polar surface area (TPSA) is 6.48 Å². The largest absolute Gasteiger partial charge is 0.298 e. The van der Waals surface area contributed by atoms with Crippen LogP contribution < -0.4 is 0 Å². The first kappa shape index (κ1) is 9.47. The average Bonchev–Trinajstić information content (AvgIpc) is 3.00. The van der Waals surface area contributed by atoms with Crippen molar-refractivity contribution in [2.75, 3.05) is 26.2 Å². The van der Waals surface area contributed by atoms with Crippen molar-refractivity contribution in [1.82, 2.24) is 9.80 Å². The van der Waals surface area contributed by atoms with Gasteiger partial charge in [0.15, 0.2) is 0 Å². The Morgan fingerprint density at radius 3 is 2.23 bits per heavy atom. The van der Waals surface area contributed by atoms with Crippen molar-refractivity contribution in [3.05, 3.63) is 0 Å². The maximum Gasteiger partial charge on any atom is 0.0113 e. The molecule has 1 unspecified atom stereocenters. The van der Waals surface area contributed by atoms with Crippen LogP contribution in [0.3, 0.4) is 0 Å². The van der Waals surface area contributed by atoms with Crippen LogP contribution in [0, 0.1) is 0 Å². The predicted octanol–water partition coefficient (Wildman–Crippen LogP) is 1.56. The number of nitrogens with zero attached hydrogens (tertiary/aromatic N) is 2. The van der Waals surface area contributed by atoms with Crippen LogP contribution in [0.15, 0.2) is 0 Å². The molecule has 1 saturated heterocycles. The normalized spacial score (nSPS) is 29.1. The fourth-order valence-electron chi connectivity index (χ4n) is 2.24. The maximum absolute atomic E-state index is 2.68. The van der Waals surface area contributed by atoms with Gasteiger partial charge in [-0.3, -0.25) is 9.80 Å². The lowest BCUT2D eigenvalue weighted by Crippen LogP contribution is -2.49. The van der Waals surface area contributed by atoms with E-state index in [-0.39, 0.29) is 0 Å². The van der Waals surface area contributed by atoms with Gasteiger partial charge in [0.2, 0.25) is 0 Å². The van der Waals surface area contributed by atoms with E-state index in [2.05, 4.69) is 23.6 Å². The van der Waals surface area contributed by atoms with Crippen LogP contribution in [0.2, 0.25) is 0 Å². The van der Waals surface area contributed by atoms with E-state index in [0.29, 0.717) is 0 Å². The quantitative estimate of drug-likeness (QED) is 0.653. The molecule has 1 heterocycles. The molecule has 2 nitrogen and oxygen atoms in total.